The maximum Gasteiger partial charge on any atom is 0.245 e. The second-order valence-electron chi connectivity index (χ2n) is 4.42. The molecule has 1 atom stereocenters. The summed E-state index contributed by atoms with van der Waals surface area (Å²) in [5, 5.41) is 0. The number of carbonyl (C=O) groups is 2. The van der Waals surface area contributed by atoms with Gasteiger partial charge in [0.2, 0.25) is 11.8 Å². The van der Waals surface area contributed by atoms with Crippen LogP contribution in [0.4, 0.5) is 0 Å². The highest BCUT2D eigenvalue weighted by molar-refractivity contribution is 5.87. The summed E-state index contributed by atoms with van der Waals surface area (Å²) in [7, 11) is 1.76. The van der Waals surface area contributed by atoms with Crippen molar-refractivity contribution in [1.29, 1.82) is 0 Å². The first-order chi connectivity index (χ1) is 8.08. The van der Waals surface area contributed by atoms with Gasteiger partial charge in [-0.1, -0.05) is 13.2 Å². The Morgan fingerprint density at radius 3 is 2.71 bits per heavy atom. The SMILES string of the molecule is C=CC(=O)N(C)CC1CCCN(C(=O)C=C)C1. The number of carbonyl (C=O) groups excluding carboxylic acids is 2. The monoisotopic (exact) mass is 236 g/mol. The predicted octanol–water partition coefficient (Wildman–Crippen LogP) is 1.06. The highest BCUT2D eigenvalue weighted by Gasteiger charge is 2.23. The standard InChI is InChI=1S/C13H20N2O2/c1-4-12(16)14(3)9-11-7-6-8-15(10-11)13(17)5-2/h4-5,11H,1-2,6-10H2,3H3. The van der Waals surface area contributed by atoms with Gasteiger partial charge >= 0.3 is 0 Å². The Labute approximate surface area is 103 Å². The van der Waals surface area contributed by atoms with Gasteiger partial charge in [-0.3, -0.25) is 9.59 Å². The molecule has 4 nitrogen and oxygen atoms in total. The smallest absolute Gasteiger partial charge is 0.245 e. The van der Waals surface area contributed by atoms with E-state index in [4.69, 9.17) is 0 Å². The molecule has 1 fully saturated rings. The van der Waals surface area contributed by atoms with Crippen molar-refractivity contribution in [2.45, 2.75) is 12.8 Å². The molecule has 1 rings (SSSR count). The van der Waals surface area contributed by atoms with Gasteiger partial charge in [-0.05, 0) is 30.9 Å². The minimum atomic E-state index is -0.0721. The Morgan fingerprint density at radius 1 is 1.41 bits per heavy atom. The molecular weight excluding hydrogens is 216 g/mol. The number of nitrogens with zero attached hydrogens (tertiary/aromatic N) is 2. The van der Waals surface area contributed by atoms with Gasteiger partial charge in [-0.2, -0.15) is 0 Å². The van der Waals surface area contributed by atoms with Gasteiger partial charge in [0.05, 0.1) is 0 Å². The van der Waals surface area contributed by atoms with E-state index in [-0.39, 0.29) is 11.8 Å². The van der Waals surface area contributed by atoms with Gasteiger partial charge in [0.15, 0.2) is 0 Å². The molecule has 0 aliphatic carbocycles. The molecular formula is C13H20N2O2. The maximum atomic E-state index is 11.5. The zero-order valence-corrected chi connectivity index (χ0v) is 10.4. The summed E-state index contributed by atoms with van der Waals surface area (Å²) in [6.45, 7) is 9.13. The van der Waals surface area contributed by atoms with E-state index in [0.717, 1.165) is 19.4 Å². The second kappa shape index (κ2) is 6.23. The first-order valence-electron chi connectivity index (χ1n) is 5.87. The van der Waals surface area contributed by atoms with Crippen molar-refractivity contribution < 1.29 is 9.59 Å². The van der Waals surface area contributed by atoms with Gasteiger partial charge in [0.25, 0.3) is 0 Å². The van der Waals surface area contributed by atoms with Crippen LogP contribution in [-0.2, 0) is 9.59 Å². The molecule has 17 heavy (non-hydrogen) atoms. The van der Waals surface area contributed by atoms with Crippen molar-refractivity contribution in [1.82, 2.24) is 9.80 Å². The minimum absolute atomic E-state index is 0.0209. The van der Waals surface area contributed by atoms with Gasteiger partial charge in [0, 0.05) is 26.7 Å². The molecule has 1 unspecified atom stereocenters. The first kappa shape index (κ1) is 13.5. The fourth-order valence-electron chi connectivity index (χ4n) is 2.18. The fourth-order valence-corrected chi connectivity index (χ4v) is 2.18. The second-order valence-corrected chi connectivity index (χ2v) is 4.42. The minimum Gasteiger partial charge on any atom is -0.342 e. The number of likely N-dealkylation sites (tertiary alicyclic amines) is 1. The number of likely N-dealkylation sites (N-methyl/N-ethyl adjacent to an activating group) is 1. The summed E-state index contributed by atoms with van der Waals surface area (Å²) in [6, 6.07) is 0. The number of amides is 2. The molecule has 0 spiro atoms. The van der Waals surface area contributed by atoms with Crippen molar-refractivity contribution >= 4 is 11.8 Å². The Hall–Kier alpha value is -1.58. The van der Waals surface area contributed by atoms with Crippen molar-refractivity contribution in [3.05, 3.63) is 25.3 Å². The van der Waals surface area contributed by atoms with E-state index in [1.165, 1.54) is 12.2 Å². The molecule has 2 amide bonds. The van der Waals surface area contributed by atoms with Crippen molar-refractivity contribution in [2.24, 2.45) is 5.92 Å². The molecule has 0 aromatic heterocycles. The predicted molar refractivity (Wildman–Crippen MR) is 67.3 cm³/mol. The summed E-state index contributed by atoms with van der Waals surface area (Å²) in [4.78, 5) is 26.3. The molecule has 1 saturated heterocycles. The lowest BCUT2D eigenvalue weighted by Crippen LogP contribution is -2.43. The number of piperidine rings is 1. The van der Waals surface area contributed by atoms with Crippen LogP contribution in [-0.4, -0.2) is 48.3 Å². The lowest BCUT2D eigenvalue weighted by molar-refractivity contribution is -0.128. The summed E-state index contributed by atoms with van der Waals surface area (Å²) < 4.78 is 0. The van der Waals surface area contributed by atoms with Crippen LogP contribution in [0.25, 0.3) is 0 Å². The normalized spacial score (nSPS) is 19.6. The van der Waals surface area contributed by atoms with E-state index in [9.17, 15) is 9.59 Å². The summed E-state index contributed by atoms with van der Waals surface area (Å²) in [5.74, 6) is 0.256. The number of rotatable bonds is 4. The van der Waals surface area contributed by atoms with Crippen molar-refractivity contribution in [3.8, 4) is 0 Å². The van der Waals surface area contributed by atoms with Crippen LogP contribution in [0.15, 0.2) is 25.3 Å². The van der Waals surface area contributed by atoms with E-state index >= 15 is 0 Å². The van der Waals surface area contributed by atoms with Crippen LogP contribution < -0.4 is 0 Å². The molecule has 0 N–H and O–H groups in total. The van der Waals surface area contributed by atoms with Crippen LogP contribution >= 0.6 is 0 Å². The highest BCUT2D eigenvalue weighted by atomic mass is 16.2. The molecule has 0 radical (unpaired) electrons. The number of hydrogen-bond acceptors (Lipinski definition) is 2. The van der Waals surface area contributed by atoms with E-state index < -0.39 is 0 Å². The molecule has 1 aliphatic rings. The van der Waals surface area contributed by atoms with Gasteiger partial charge in [-0.25, -0.2) is 0 Å². The van der Waals surface area contributed by atoms with E-state index in [1.807, 2.05) is 0 Å². The molecule has 94 valence electrons. The molecule has 0 saturated carbocycles. The lowest BCUT2D eigenvalue weighted by Gasteiger charge is -2.34. The lowest BCUT2D eigenvalue weighted by atomic mass is 9.97. The molecule has 4 heteroatoms. The van der Waals surface area contributed by atoms with Crippen LogP contribution in [0, 0.1) is 5.92 Å². The Balaban J connectivity index is 2.49. The van der Waals surface area contributed by atoms with E-state index in [2.05, 4.69) is 13.2 Å². The van der Waals surface area contributed by atoms with Crippen molar-refractivity contribution in [3.63, 3.8) is 0 Å². The zero-order valence-electron chi connectivity index (χ0n) is 10.4. The third-order valence-corrected chi connectivity index (χ3v) is 3.09. The molecule has 0 bridgehead atoms. The molecule has 0 aromatic carbocycles. The van der Waals surface area contributed by atoms with Crippen LogP contribution in [0.3, 0.4) is 0 Å². The largest absolute Gasteiger partial charge is 0.342 e. The fraction of sp³-hybridized carbons (Fsp3) is 0.538. The number of hydrogen-bond donors (Lipinski definition) is 0. The first-order valence-corrected chi connectivity index (χ1v) is 5.87. The zero-order chi connectivity index (χ0) is 12.8. The topological polar surface area (TPSA) is 40.6 Å². The Bertz CT molecular complexity index is 323. The van der Waals surface area contributed by atoms with E-state index in [1.54, 1.807) is 16.8 Å². The Morgan fingerprint density at radius 2 is 2.12 bits per heavy atom. The summed E-state index contributed by atoms with van der Waals surface area (Å²) in [5.41, 5.74) is 0. The van der Waals surface area contributed by atoms with Crippen LogP contribution in [0.5, 0.6) is 0 Å². The Kier molecular flexibility index (Phi) is 4.94. The molecule has 0 aromatic rings. The summed E-state index contributed by atoms with van der Waals surface area (Å²) >= 11 is 0. The molecule has 1 heterocycles. The summed E-state index contributed by atoms with van der Waals surface area (Å²) in [6.07, 6.45) is 4.70. The van der Waals surface area contributed by atoms with Crippen LogP contribution in [0.1, 0.15) is 12.8 Å². The van der Waals surface area contributed by atoms with Crippen molar-refractivity contribution in [2.75, 3.05) is 26.7 Å². The van der Waals surface area contributed by atoms with Gasteiger partial charge < -0.3 is 9.80 Å². The average molecular weight is 236 g/mol. The maximum absolute atomic E-state index is 11.5. The third-order valence-electron chi connectivity index (χ3n) is 3.09. The quantitative estimate of drug-likeness (QED) is 0.685. The average Bonchev–Trinajstić information content (AvgIpc) is 2.37. The highest BCUT2D eigenvalue weighted by Crippen LogP contribution is 2.17. The van der Waals surface area contributed by atoms with E-state index in [0.29, 0.717) is 19.0 Å². The molecule has 1 aliphatic heterocycles. The third kappa shape index (κ3) is 3.73. The van der Waals surface area contributed by atoms with Gasteiger partial charge in [-0.15, -0.1) is 0 Å². The van der Waals surface area contributed by atoms with Gasteiger partial charge in [0.1, 0.15) is 0 Å². The van der Waals surface area contributed by atoms with Crippen LogP contribution in [0.2, 0.25) is 0 Å².